The number of aryl methyl sites for hydroxylation is 3. The van der Waals surface area contributed by atoms with E-state index < -0.39 is 5.91 Å². The topological polar surface area (TPSA) is 77.8 Å². The molecule has 0 saturated heterocycles. The summed E-state index contributed by atoms with van der Waals surface area (Å²) in [5.41, 5.74) is 3.77. The molecule has 0 radical (unpaired) electrons. The van der Waals surface area contributed by atoms with E-state index in [9.17, 15) is 10.1 Å². The first kappa shape index (κ1) is 16.2. The van der Waals surface area contributed by atoms with E-state index in [-0.39, 0.29) is 5.57 Å². The van der Waals surface area contributed by atoms with Crippen LogP contribution in [0.25, 0.3) is 0 Å². The van der Waals surface area contributed by atoms with Gasteiger partial charge in [-0.25, -0.2) is 4.98 Å². The zero-order valence-electron chi connectivity index (χ0n) is 13.3. The molecule has 5 heteroatoms. The Bertz CT molecular complexity index is 786. The van der Waals surface area contributed by atoms with Crippen LogP contribution in [0.1, 0.15) is 16.7 Å². The highest BCUT2D eigenvalue weighted by atomic mass is 16.1. The fourth-order valence-corrected chi connectivity index (χ4v) is 1.99. The monoisotopic (exact) mass is 306 g/mol. The maximum atomic E-state index is 12.2. The lowest BCUT2D eigenvalue weighted by atomic mass is 10.1. The van der Waals surface area contributed by atoms with Gasteiger partial charge in [-0.3, -0.25) is 4.79 Å². The Morgan fingerprint density at radius 2 is 1.91 bits per heavy atom. The fraction of sp³-hybridized carbons (Fsp3) is 0.167. The number of amides is 1. The van der Waals surface area contributed by atoms with Gasteiger partial charge in [0.1, 0.15) is 17.5 Å². The van der Waals surface area contributed by atoms with Crippen LogP contribution in [0.3, 0.4) is 0 Å². The number of carbonyl (C=O) groups excluding carboxylic acids is 1. The van der Waals surface area contributed by atoms with Gasteiger partial charge in [0.05, 0.1) is 0 Å². The van der Waals surface area contributed by atoms with Crippen molar-refractivity contribution in [2.75, 3.05) is 10.6 Å². The molecule has 2 aromatic rings. The first-order valence-corrected chi connectivity index (χ1v) is 7.17. The van der Waals surface area contributed by atoms with Gasteiger partial charge in [0.2, 0.25) is 0 Å². The van der Waals surface area contributed by atoms with Gasteiger partial charge in [0.25, 0.3) is 5.91 Å². The molecule has 1 aromatic carbocycles. The number of hydrogen-bond acceptors (Lipinski definition) is 4. The number of hydrogen-bond donors (Lipinski definition) is 2. The minimum atomic E-state index is -0.459. The van der Waals surface area contributed by atoms with Gasteiger partial charge in [-0.1, -0.05) is 23.8 Å². The maximum Gasteiger partial charge on any atom is 0.267 e. The first-order valence-electron chi connectivity index (χ1n) is 7.17. The third-order valence-corrected chi connectivity index (χ3v) is 3.27. The summed E-state index contributed by atoms with van der Waals surface area (Å²) in [5, 5.41) is 14.8. The molecule has 1 amide bonds. The van der Waals surface area contributed by atoms with E-state index in [0.717, 1.165) is 16.7 Å². The molecule has 116 valence electrons. The molecule has 2 rings (SSSR count). The number of aromatic nitrogens is 1. The Morgan fingerprint density at radius 1 is 1.17 bits per heavy atom. The number of nitrogens with one attached hydrogen (secondary N) is 2. The molecular formula is C18H18N4O. The van der Waals surface area contributed by atoms with E-state index in [1.807, 2.05) is 51.1 Å². The molecule has 0 saturated carbocycles. The zero-order valence-corrected chi connectivity index (χ0v) is 13.3. The fourth-order valence-electron chi connectivity index (χ4n) is 1.99. The summed E-state index contributed by atoms with van der Waals surface area (Å²) in [4.78, 5) is 16.3. The average molecular weight is 306 g/mol. The molecule has 0 bridgehead atoms. The van der Waals surface area contributed by atoms with Crippen molar-refractivity contribution in [2.45, 2.75) is 20.8 Å². The molecule has 0 aliphatic carbocycles. The van der Waals surface area contributed by atoms with Crippen molar-refractivity contribution in [2.24, 2.45) is 0 Å². The quantitative estimate of drug-likeness (QED) is 0.670. The van der Waals surface area contributed by atoms with Crippen LogP contribution >= 0.6 is 0 Å². The van der Waals surface area contributed by atoms with Crippen molar-refractivity contribution in [3.8, 4) is 6.07 Å². The van der Waals surface area contributed by atoms with Crippen molar-refractivity contribution in [1.82, 2.24) is 4.98 Å². The Labute approximate surface area is 135 Å². The van der Waals surface area contributed by atoms with Crippen LogP contribution in [0.2, 0.25) is 0 Å². The van der Waals surface area contributed by atoms with Crippen molar-refractivity contribution >= 4 is 17.4 Å². The van der Waals surface area contributed by atoms with E-state index in [1.54, 1.807) is 12.3 Å². The van der Waals surface area contributed by atoms with Gasteiger partial charge >= 0.3 is 0 Å². The first-order chi connectivity index (χ1) is 11.0. The highest BCUT2D eigenvalue weighted by molar-refractivity contribution is 6.07. The third kappa shape index (κ3) is 4.42. The molecule has 0 fully saturated rings. The number of nitrogens with zero attached hydrogens (tertiary/aromatic N) is 2. The second kappa shape index (κ2) is 7.23. The molecule has 0 aliphatic heterocycles. The van der Waals surface area contributed by atoms with Crippen LogP contribution in [-0.4, -0.2) is 10.9 Å². The number of nitriles is 1. The number of pyridine rings is 1. The highest BCUT2D eigenvalue weighted by Gasteiger charge is 2.10. The van der Waals surface area contributed by atoms with Crippen LogP contribution in [0.15, 0.2) is 48.3 Å². The lowest BCUT2D eigenvalue weighted by Gasteiger charge is -2.08. The minimum Gasteiger partial charge on any atom is -0.345 e. The molecule has 1 heterocycles. The summed E-state index contributed by atoms with van der Waals surface area (Å²) in [6, 6.07) is 11.3. The van der Waals surface area contributed by atoms with Crippen LogP contribution < -0.4 is 10.6 Å². The minimum absolute atomic E-state index is 0.0210. The standard InChI is InChI=1S/C18H18N4O/c1-12-4-6-16(14(3)8-12)22-18(23)15(9-19)11-21-17-7-5-13(2)10-20-17/h4-8,10-11H,1-3H3,(H,20,21)(H,22,23)/b15-11-. The molecule has 0 spiro atoms. The summed E-state index contributed by atoms with van der Waals surface area (Å²) in [5.74, 6) is 0.113. The molecule has 0 aliphatic rings. The van der Waals surface area contributed by atoms with E-state index >= 15 is 0 Å². The van der Waals surface area contributed by atoms with Crippen molar-refractivity contribution in [3.05, 3.63) is 65.0 Å². The maximum absolute atomic E-state index is 12.2. The predicted octanol–water partition coefficient (Wildman–Crippen LogP) is 3.46. The molecule has 5 nitrogen and oxygen atoms in total. The molecule has 1 aromatic heterocycles. The van der Waals surface area contributed by atoms with Crippen LogP contribution in [-0.2, 0) is 4.79 Å². The number of carbonyl (C=O) groups is 1. The summed E-state index contributed by atoms with van der Waals surface area (Å²) in [6.07, 6.45) is 3.06. The summed E-state index contributed by atoms with van der Waals surface area (Å²) >= 11 is 0. The molecular weight excluding hydrogens is 288 g/mol. The largest absolute Gasteiger partial charge is 0.345 e. The highest BCUT2D eigenvalue weighted by Crippen LogP contribution is 2.16. The molecule has 23 heavy (non-hydrogen) atoms. The summed E-state index contributed by atoms with van der Waals surface area (Å²) in [6.45, 7) is 5.83. The summed E-state index contributed by atoms with van der Waals surface area (Å²) in [7, 11) is 0. The molecule has 0 atom stereocenters. The Kier molecular flexibility index (Phi) is 5.11. The van der Waals surface area contributed by atoms with Gasteiger partial charge in [-0.05, 0) is 44.0 Å². The molecule has 0 unspecified atom stereocenters. The number of benzene rings is 1. The van der Waals surface area contributed by atoms with Crippen molar-refractivity contribution < 1.29 is 4.79 Å². The lowest BCUT2D eigenvalue weighted by Crippen LogP contribution is -2.15. The van der Waals surface area contributed by atoms with E-state index in [4.69, 9.17) is 0 Å². The lowest BCUT2D eigenvalue weighted by molar-refractivity contribution is -0.112. The number of rotatable bonds is 4. The van der Waals surface area contributed by atoms with Gasteiger partial charge < -0.3 is 10.6 Å². The predicted molar refractivity (Wildman–Crippen MR) is 90.8 cm³/mol. The SMILES string of the molecule is Cc1ccc(N/C=C(/C#N)C(=O)Nc2ccc(C)cc2C)nc1. The van der Waals surface area contributed by atoms with E-state index in [2.05, 4.69) is 15.6 Å². The average Bonchev–Trinajstić information content (AvgIpc) is 2.52. The Balaban J connectivity index is 2.10. The Hall–Kier alpha value is -3.13. The van der Waals surface area contributed by atoms with Crippen LogP contribution in [0.5, 0.6) is 0 Å². The van der Waals surface area contributed by atoms with Crippen LogP contribution in [0, 0.1) is 32.1 Å². The molecule has 2 N–H and O–H groups in total. The second-order valence-corrected chi connectivity index (χ2v) is 5.31. The smallest absolute Gasteiger partial charge is 0.267 e. The van der Waals surface area contributed by atoms with Gasteiger partial charge in [-0.2, -0.15) is 5.26 Å². The van der Waals surface area contributed by atoms with E-state index in [1.165, 1.54) is 6.20 Å². The van der Waals surface area contributed by atoms with Crippen LogP contribution in [0.4, 0.5) is 11.5 Å². The second-order valence-electron chi connectivity index (χ2n) is 5.31. The normalized spacial score (nSPS) is 10.8. The van der Waals surface area contributed by atoms with Crippen molar-refractivity contribution in [3.63, 3.8) is 0 Å². The third-order valence-electron chi connectivity index (χ3n) is 3.27. The summed E-state index contributed by atoms with van der Waals surface area (Å²) < 4.78 is 0. The van der Waals surface area contributed by atoms with E-state index in [0.29, 0.717) is 11.5 Å². The van der Waals surface area contributed by atoms with Gasteiger partial charge in [0, 0.05) is 18.1 Å². The van der Waals surface area contributed by atoms with Gasteiger partial charge in [-0.15, -0.1) is 0 Å². The Morgan fingerprint density at radius 3 is 2.52 bits per heavy atom. The van der Waals surface area contributed by atoms with Gasteiger partial charge in [0.15, 0.2) is 0 Å². The number of anilines is 2. The van der Waals surface area contributed by atoms with Crippen molar-refractivity contribution in [1.29, 1.82) is 5.26 Å². The zero-order chi connectivity index (χ0) is 16.8.